The highest BCUT2D eigenvalue weighted by Crippen LogP contribution is 2.35. The number of rotatable bonds is 11. The van der Waals surface area contributed by atoms with Crippen molar-refractivity contribution in [3.8, 4) is 5.00 Å². The van der Waals surface area contributed by atoms with E-state index in [1.165, 1.54) is 32.8 Å². The fraction of sp³-hybridized carbons (Fsp3) is 0.545. The Kier molecular flexibility index (Phi) is 8.91. The van der Waals surface area contributed by atoms with Crippen LogP contribution < -0.4 is 11.2 Å². The molecule has 4 heterocycles. The molecule has 1 saturated carbocycles. The second-order valence-electron chi connectivity index (χ2n) is 12.7. The van der Waals surface area contributed by atoms with Crippen molar-refractivity contribution in [3.05, 3.63) is 73.9 Å². The van der Waals surface area contributed by atoms with Gasteiger partial charge in [0.05, 0.1) is 30.4 Å². The van der Waals surface area contributed by atoms with Crippen molar-refractivity contribution in [2.24, 2.45) is 5.92 Å². The second-order valence-corrected chi connectivity index (χ2v) is 13.7. The van der Waals surface area contributed by atoms with Crippen molar-refractivity contribution in [1.29, 1.82) is 0 Å². The summed E-state index contributed by atoms with van der Waals surface area (Å²) in [4.78, 5) is 44.5. The molecule has 1 aromatic carbocycles. The third-order valence-electron chi connectivity index (χ3n) is 9.44. The second kappa shape index (κ2) is 12.7. The standard InChI is InChI=1S/C33H40FN5O5S/c1-5-22-9-10-23(34)18-25(22)26(44-24-11-15-43-16-12-24)19-37-31-28(20(2)30(45-31)39-35-13-14-36-39)29(41)38(32(37)42)33(3,4)27(40)17-21-7-6-8-21/h9-10,13-14,18,21,24,26H,5-8,11-12,15-17,19H2,1-4H3. The fourth-order valence-electron chi connectivity index (χ4n) is 6.45. The predicted molar refractivity (Wildman–Crippen MR) is 170 cm³/mol. The lowest BCUT2D eigenvalue weighted by Gasteiger charge is -2.32. The van der Waals surface area contributed by atoms with E-state index >= 15 is 0 Å². The molecule has 2 aliphatic rings. The first kappa shape index (κ1) is 31.5. The van der Waals surface area contributed by atoms with Gasteiger partial charge in [0.2, 0.25) is 0 Å². The maximum absolute atomic E-state index is 14.8. The summed E-state index contributed by atoms with van der Waals surface area (Å²) in [5.41, 5.74) is -0.330. The van der Waals surface area contributed by atoms with E-state index in [-0.39, 0.29) is 24.3 Å². The van der Waals surface area contributed by atoms with Crippen molar-refractivity contribution in [2.75, 3.05) is 13.2 Å². The fourth-order valence-corrected chi connectivity index (χ4v) is 7.67. The highest BCUT2D eigenvalue weighted by Gasteiger charge is 2.38. The van der Waals surface area contributed by atoms with Gasteiger partial charge in [0.15, 0.2) is 5.78 Å². The van der Waals surface area contributed by atoms with E-state index < -0.39 is 28.7 Å². The Morgan fingerprint density at radius 3 is 2.51 bits per heavy atom. The highest BCUT2D eigenvalue weighted by molar-refractivity contribution is 7.21. The summed E-state index contributed by atoms with van der Waals surface area (Å²) in [6, 6.07) is 4.66. The average molecular weight is 638 g/mol. The molecule has 1 atom stereocenters. The quantitative estimate of drug-likeness (QED) is 0.221. The monoisotopic (exact) mass is 637 g/mol. The van der Waals surface area contributed by atoms with Crippen LogP contribution in [0.5, 0.6) is 0 Å². The van der Waals surface area contributed by atoms with E-state index in [4.69, 9.17) is 9.47 Å². The maximum atomic E-state index is 14.8. The molecule has 6 rings (SSSR count). The van der Waals surface area contributed by atoms with Crippen LogP contribution in [0.15, 0.2) is 40.2 Å². The number of Topliss-reactive ketones (excluding diaryl/α,β-unsaturated/α-hetero) is 1. The molecule has 0 radical (unpaired) electrons. The number of hydrogen-bond donors (Lipinski definition) is 0. The highest BCUT2D eigenvalue weighted by atomic mass is 32.1. The zero-order valence-corrected chi connectivity index (χ0v) is 27.1. The van der Waals surface area contributed by atoms with Crippen LogP contribution in [0.4, 0.5) is 4.39 Å². The molecule has 4 aromatic rings. The average Bonchev–Trinajstić information content (AvgIpc) is 3.65. The summed E-state index contributed by atoms with van der Waals surface area (Å²) < 4.78 is 29.7. The number of carbonyl (C=O) groups is 1. The number of aryl methyl sites for hydroxylation is 2. The van der Waals surface area contributed by atoms with Gasteiger partial charge in [-0.25, -0.2) is 13.8 Å². The molecule has 3 aromatic heterocycles. The Hall–Kier alpha value is -3.48. The Bertz CT molecular complexity index is 1820. The number of fused-ring (bicyclic) bond motifs is 1. The number of benzene rings is 1. The molecule has 1 unspecified atom stereocenters. The molecule has 240 valence electrons. The predicted octanol–water partition coefficient (Wildman–Crippen LogP) is 5.25. The molecule has 2 fully saturated rings. The lowest BCUT2D eigenvalue weighted by atomic mass is 9.79. The Morgan fingerprint density at radius 2 is 1.87 bits per heavy atom. The lowest BCUT2D eigenvalue weighted by Crippen LogP contribution is -2.53. The van der Waals surface area contributed by atoms with E-state index in [0.29, 0.717) is 65.2 Å². The summed E-state index contributed by atoms with van der Waals surface area (Å²) in [6.45, 7) is 8.23. The first-order chi connectivity index (χ1) is 21.6. The van der Waals surface area contributed by atoms with Crippen LogP contribution in [0.1, 0.15) is 82.1 Å². The van der Waals surface area contributed by atoms with E-state index in [1.54, 1.807) is 39.2 Å². The minimum absolute atomic E-state index is 0.0161. The third-order valence-corrected chi connectivity index (χ3v) is 10.7. The minimum Gasteiger partial charge on any atom is -0.381 e. The van der Waals surface area contributed by atoms with Gasteiger partial charge in [0.25, 0.3) is 5.56 Å². The van der Waals surface area contributed by atoms with E-state index in [0.717, 1.165) is 29.4 Å². The molecule has 1 aliphatic heterocycles. The van der Waals surface area contributed by atoms with Gasteiger partial charge >= 0.3 is 5.69 Å². The van der Waals surface area contributed by atoms with Gasteiger partial charge in [-0.15, -0.1) is 4.80 Å². The number of ketones is 1. The van der Waals surface area contributed by atoms with Crippen LogP contribution in [0.2, 0.25) is 0 Å². The molecule has 10 nitrogen and oxygen atoms in total. The van der Waals surface area contributed by atoms with Gasteiger partial charge in [-0.1, -0.05) is 43.6 Å². The van der Waals surface area contributed by atoms with Gasteiger partial charge in [-0.05, 0) is 69.2 Å². The smallest absolute Gasteiger partial charge is 0.333 e. The summed E-state index contributed by atoms with van der Waals surface area (Å²) in [7, 11) is 0. The zero-order chi connectivity index (χ0) is 31.9. The van der Waals surface area contributed by atoms with Gasteiger partial charge in [-0.2, -0.15) is 10.2 Å². The topological polar surface area (TPSA) is 110 Å². The summed E-state index contributed by atoms with van der Waals surface area (Å²) in [5, 5.41) is 9.48. The third kappa shape index (κ3) is 5.95. The van der Waals surface area contributed by atoms with Crippen LogP contribution in [0, 0.1) is 18.7 Å². The van der Waals surface area contributed by atoms with Gasteiger partial charge in [-0.3, -0.25) is 14.2 Å². The number of halogens is 1. The molecule has 12 heteroatoms. The van der Waals surface area contributed by atoms with Crippen molar-refractivity contribution in [1.82, 2.24) is 24.1 Å². The molecule has 45 heavy (non-hydrogen) atoms. The van der Waals surface area contributed by atoms with Gasteiger partial charge in [0, 0.05) is 25.2 Å². The Morgan fingerprint density at radius 1 is 1.16 bits per heavy atom. The van der Waals surface area contributed by atoms with Crippen molar-refractivity contribution < 1.29 is 18.7 Å². The largest absolute Gasteiger partial charge is 0.381 e. The lowest BCUT2D eigenvalue weighted by molar-refractivity contribution is -0.128. The van der Waals surface area contributed by atoms with Crippen molar-refractivity contribution >= 4 is 27.3 Å². The van der Waals surface area contributed by atoms with Crippen LogP contribution in [0.3, 0.4) is 0 Å². The molecular formula is C33H40FN5O5S. The summed E-state index contributed by atoms with van der Waals surface area (Å²) >= 11 is 1.24. The van der Waals surface area contributed by atoms with Crippen LogP contribution in [0.25, 0.3) is 15.2 Å². The zero-order valence-electron chi connectivity index (χ0n) is 26.3. The first-order valence-corrected chi connectivity index (χ1v) is 16.6. The molecule has 1 aliphatic carbocycles. The molecule has 0 bridgehead atoms. The van der Waals surface area contributed by atoms with E-state index in [1.807, 2.05) is 6.92 Å². The first-order valence-electron chi connectivity index (χ1n) is 15.8. The molecule has 0 spiro atoms. The van der Waals surface area contributed by atoms with Gasteiger partial charge in [0.1, 0.15) is 27.3 Å². The number of aromatic nitrogens is 5. The molecule has 1 saturated heterocycles. The minimum atomic E-state index is -1.39. The van der Waals surface area contributed by atoms with Crippen LogP contribution >= 0.6 is 11.3 Å². The molecule has 0 N–H and O–H groups in total. The van der Waals surface area contributed by atoms with E-state index in [2.05, 4.69) is 10.2 Å². The van der Waals surface area contributed by atoms with E-state index in [9.17, 15) is 18.8 Å². The Balaban J connectivity index is 1.55. The van der Waals surface area contributed by atoms with Crippen molar-refractivity contribution in [3.63, 3.8) is 0 Å². The number of hydrogen-bond acceptors (Lipinski definition) is 8. The summed E-state index contributed by atoms with van der Waals surface area (Å²) in [6.07, 6.45) is 7.59. The number of ether oxygens (including phenoxy) is 2. The van der Waals surface area contributed by atoms with Crippen LogP contribution in [-0.4, -0.2) is 49.2 Å². The normalized spacial score (nSPS) is 17.1. The Labute approximate surface area is 264 Å². The number of thiophene rings is 1. The molecular weight excluding hydrogens is 597 g/mol. The van der Waals surface area contributed by atoms with Crippen molar-refractivity contribution in [2.45, 2.75) is 96.9 Å². The van der Waals surface area contributed by atoms with Gasteiger partial charge < -0.3 is 9.47 Å². The number of carbonyl (C=O) groups excluding carboxylic acids is 1. The number of nitrogens with zero attached hydrogens (tertiary/aromatic N) is 5. The summed E-state index contributed by atoms with van der Waals surface area (Å²) in [5.74, 6) is -0.268. The maximum Gasteiger partial charge on any atom is 0.333 e. The molecule has 0 amide bonds. The van der Waals surface area contributed by atoms with Crippen LogP contribution in [-0.2, 0) is 32.8 Å². The SMILES string of the molecule is CCc1ccc(F)cc1C(Cn1c(=O)n(C(C)(C)C(=O)CC2CCC2)c(=O)c2c(C)c(-n3nccn3)sc21)OC1CCOCC1.